The Morgan fingerprint density at radius 1 is 1.47 bits per heavy atom. The van der Waals surface area contributed by atoms with Crippen molar-refractivity contribution in [3.05, 3.63) is 0 Å². The van der Waals surface area contributed by atoms with Gasteiger partial charge in [0, 0.05) is 49.5 Å². The van der Waals surface area contributed by atoms with Crippen molar-refractivity contribution in [2.24, 2.45) is 5.16 Å². The molecule has 0 N–H and O–H groups in total. The van der Waals surface area contributed by atoms with Crippen LogP contribution in [0.5, 0.6) is 0 Å². The molecule has 2 aliphatic rings. The number of nitrogens with zero attached hydrogens (tertiary/aromatic N) is 3. The third-order valence-corrected chi connectivity index (χ3v) is 5.77. The fraction of sp³-hybridized carbons (Fsp3) is 0.800. The Bertz CT molecular complexity index is 329. The van der Waals surface area contributed by atoms with Crippen molar-refractivity contribution < 1.29 is 14.4 Å². The van der Waals surface area contributed by atoms with Gasteiger partial charge in [0.15, 0.2) is 0 Å². The van der Waals surface area contributed by atoms with Gasteiger partial charge < -0.3 is 4.74 Å². The summed E-state index contributed by atoms with van der Waals surface area (Å²) >= 11 is 4.81. The fourth-order valence-corrected chi connectivity index (χ4v) is 4.30. The smallest absolute Gasteiger partial charge is 0.379 e. The summed E-state index contributed by atoms with van der Waals surface area (Å²) in [6, 6.07) is 0. The quantitative estimate of drug-likeness (QED) is 0.445. The molecule has 6 nitrogen and oxygen atoms in total. The molecule has 2 saturated heterocycles. The first kappa shape index (κ1) is 15.3. The summed E-state index contributed by atoms with van der Waals surface area (Å²) in [7, 11) is 1.69. The van der Waals surface area contributed by atoms with Crippen molar-refractivity contribution in [1.82, 2.24) is 8.61 Å². The molecule has 0 atom stereocenters. The number of thioether (sulfide) groups is 2. The maximum Gasteiger partial charge on any atom is 0.446 e. The number of ether oxygens (including phenoxy) is 1. The van der Waals surface area contributed by atoms with Crippen molar-refractivity contribution in [3.63, 3.8) is 0 Å². The van der Waals surface area contributed by atoms with Crippen molar-refractivity contribution in [1.29, 1.82) is 0 Å². The predicted molar refractivity (Wildman–Crippen MR) is 81.4 cm³/mol. The van der Waals surface area contributed by atoms with E-state index in [0.29, 0.717) is 13.2 Å². The van der Waals surface area contributed by atoms with E-state index in [0.717, 1.165) is 35.4 Å². The minimum Gasteiger partial charge on any atom is -0.379 e. The van der Waals surface area contributed by atoms with Gasteiger partial charge in [0.25, 0.3) is 0 Å². The van der Waals surface area contributed by atoms with Crippen LogP contribution in [0.4, 0.5) is 4.79 Å². The third-order valence-electron chi connectivity index (χ3n) is 2.41. The van der Waals surface area contributed by atoms with E-state index >= 15 is 0 Å². The molecule has 0 spiro atoms. The lowest BCUT2D eigenvalue weighted by atomic mass is 10.5. The molecule has 2 rings (SSSR count). The maximum absolute atomic E-state index is 11.8. The van der Waals surface area contributed by atoms with E-state index in [1.807, 2.05) is 11.8 Å². The SMILES string of the molecule is CN(SN1CCOCC1)C(=O)O/N=C1\CSCCS1. The number of carbonyl (C=O) groups excluding carboxylic acids is 1. The van der Waals surface area contributed by atoms with Crippen molar-refractivity contribution >= 4 is 46.8 Å². The second-order valence-electron chi connectivity index (χ2n) is 3.86. The lowest BCUT2D eigenvalue weighted by Crippen LogP contribution is -2.35. The fourth-order valence-electron chi connectivity index (χ4n) is 1.45. The number of morpholine rings is 1. The first-order chi connectivity index (χ1) is 9.25. The normalized spacial score (nSPS) is 23.3. The first-order valence-electron chi connectivity index (χ1n) is 5.98. The maximum atomic E-state index is 11.8. The number of rotatable bonds is 3. The Hall–Kier alpha value is -0.0900. The van der Waals surface area contributed by atoms with E-state index < -0.39 is 6.09 Å². The number of hydrogen-bond acceptors (Lipinski definition) is 8. The summed E-state index contributed by atoms with van der Waals surface area (Å²) in [4.78, 5) is 16.7. The highest BCUT2D eigenvalue weighted by atomic mass is 32.2. The second kappa shape index (κ2) is 8.25. The van der Waals surface area contributed by atoms with E-state index in [-0.39, 0.29) is 0 Å². The summed E-state index contributed by atoms with van der Waals surface area (Å²) < 4.78 is 8.78. The van der Waals surface area contributed by atoms with Gasteiger partial charge in [-0.05, 0) is 0 Å². The molecule has 2 fully saturated rings. The Balaban J connectivity index is 1.72. The summed E-state index contributed by atoms with van der Waals surface area (Å²) in [5, 5.41) is 4.79. The molecule has 0 aromatic heterocycles. The van der Waals surface area contributed by atoms with Gasteiger partial charge in [-0.25, -0.2) is 13.4 Å². The van der Waals surface area contributed by atoms with Gasteiger partial charge in [-0.15, -0.1) is 11.8 Å². The summed E-state index contributed by atoms with van der Waals surface area (Å²) in [6.45, 7) is 3.02. The van der Waals surface area contributed by atoms with Gasteiger partial charge in [0.2, 0.25) is 0 Å². The monoisotopic (exact) mass is 323 g/mol. The van der Waals surface area contributed by atoms with E-state index in [4.69, 9.17) is 9.57 Å². The van der Waals surface area contributed by atoms with E-state index in [1.54, 1.807) is 18.8 Å². The molecule has 2 aliphatic heterocycles. The lowest BCUT2D eigenvalue weighted by Gasteiger charge is -2.27. The Morgan fingerprint density at radius 3 is 2.95 bits per heavy atom. The minimum atomic E-state index is -0.444. The van der Waals surface area contributed by atoms with E-state index in [2.05, 4.69) is 9.46 Å². The summed E-state index contributed by atoms with van der Waals surface area (Å²) in [6.07, 6.45) is -0.444. The van der Waals surface area contributed by atoms with Gasteiger partial charge >= 0.3 is 6.09 Å². The zero-order valence-corrected chi connectivity index (χ0v) is 13.2. The number of hydrogen-bond donors (Lipinski definition) is 0. The molecule has 2 heterocycles. The number of oxime groups is 1. The molecular formula is C10H17N3O3S3. The van der Waals surface area contributed by atoms with Crippen LogP contribution in [0.25, 0.3) is 0 Å². The molecule has 0 aliphatic carbocycles. The minimum absolute atomic E-state index is 0.444. The van der Waals surface area contributed by atoms with Crippen molar-refractivity contribution in [3.8, 4) is 0 Å². The summed E-state index contributed by atoms with van der Waals surface area (Å²) in [5.41, 5.74) is 0. The van der Waals surface area contributed by atoms with Crippen LogP contribution in [0.2, 0.25) is 0 Å². The van der Waals surface area contributed by atoms with Crippen LogP contribution >= 0.6 is 35.7 Å². The van der Waals surface area contributed by atoms with Gasteiger partial charge in [-0.1, -0.05) is 5.16 Å². The average molecular weight is 323 g/mol. The molecule has 0 saturated carbocycles. The van der Waals surface area contributed by atoms with E-state index in [9.17, 15) is 4.79 Å². The zero-order chi connectivity index (χ0) is 13.5. The molecule has 0 aromatic carbocycles. The zero-order valence-electron chi connectivity index (χ0n) is 10.7. The van der Waals surface area contributed by atoms with Crippen molar-refractivity contribution in [2.75, 3.05) is 50.6 Å². The van der Waals surface area contributed by atoms with Crippen LogP contribution in [0.1, 0.15) is 0 Å². The average Bonchev–Trinajstić information content (AvgIpc) is 2.47. The van der Waals surface area contributed by atoms with Crippen LogP contribution in [0.15, 0.2) is 5.16 Å². The van der Waals surface area contributed by atoms with Crippen molar-refractivity contribution in [2.45, 2.75) is 0 Å². The molecule has 0 aromatic rings. The third kappa shape index (κ3) is 5.42. The highest BCUT2D eigenvalue weighted by molar-refractivity contribution is 8.18. The largest absolute Gasteiger partial charge is 0.446 e. The van der Waals surface area contributed by atoms with Gasteiger partial charge in [0.1, 0.15) is 5.04 Å². The van der Waals surface area contributed by atoms with Crippen LogP contribution in [-0.4, -0.2) is 70.4 Å². The molecule has 1 amide bonds. The molecule has 0 bridgehead atoms. The second-order valence-corrected chi connectivity index (χ2v) is 7.36. The molecular weight excluding hydrogens is 306 g/mol. The number of amides is 1. The molecule has 19 heavy (non-hydrogen) atoms. The highest BCUT2D eigenvalue weighted by Gasteiger charge is 2.19. The van der Waals surface area contributed by atoms with Crippen LogP contribution in [-0.2, 0) is 9.57 Å². The van der Waals surface area contributed by atoms with Gasteiger partial charge in [-0.3, -0.25) is 4.84 Å². The summed E-state index contributed by atoms with van der Waals surface area (Å²) in [5.74, 6) is 2.99. The first-order valence-corrected chi connectivity index (χ1v) is 8.85. The standard InChI is InChI=1S/C10H17N3O3S3/c1-12(19-13-2-4-15-5-3-13)10(14)16-11-9-8-17-6-7-18-9/h2-8H2,1H3/b11-9+. The Labute approximate surface area is 125 Å². The Morgan fingerprint density at radius 2 is 2.26 bits per heavy atom. The molecule has 0 unspecified atom stereocenters. The van der Waals surface area contributed by atoms with Crippen LogP contribution in [0.3, 0.4) is 0 Å². The number of carbonyl (C=O) groups is 1. The van der Waals surface area contributed by atoms with Gasteiger partial charge in [0.05, 0.1) is 13.2 Å². The molecule has 0 radical (unpaired) electrons. The van der Waals surface area contributed by atoms with Gasteiger partial charge in [-0.2, -0.15) is 11.8 Å². The Kier molecular flexibility index (Phi) is 6.65. The lowest BCUT2D eigenvalue weighted by molar-refractivity contribution is 0.0753. The molecule has 108 valence electrons. The van der Waals surface area contributed by atoms with E-state index in [1.165, 1.54) is 16.4 Å². The molecule has 9 heteroatoms. The predicted octanol–water partition coefficient (Wildman–Crippen LogP) is 1.74. The highest BCUT2D eigenvalue weighted by Crippen LogP contribution is 2.20. The topological polar surface area (TPSA) is 54.4 Å². The van der Waals surface area contributed by atoms with Crippen LogP contribution < -0.4 is 0 Å². The van der Waals surface area contributed by atoms with Crippen LogP contribution in [0, 0.1) is 0 Å².